The predicted octanol–water partition coefficient (Wildman–Crippen LogP) is 4.01. The zero-order chi connectivity index (χ0) is 22.4. The SMILES string of the molecule is CS(=O)(=O)N(CCCC(=O)Nc1ccc(N2CCOCC2)cc1)c1ccc(Cl)c(Cl)c1. The van der Waals surface area contributed by atoms with E-state index in [2.05, 4.69) is 10.2 Å². The Morgan fingerprint density at radius 2 is 1.77 bits per heavy atom. The summed E-state index contributed by atoms with van der Waals surface area (Å²) in [4.78, 5) is 14.6. The van der Waals surface area contributed by atoms with E-state index in [-0.39, 0.29) is 23.9 Å². The molecule has 0 aliphatic carbocycles. The molecule has 1 fully saturated rings. The van der Waals surface area contributed by atoms with E-state index in [0.717, 1.165) is 25.0 Å². The molecule has 1 aliphatic heterocycles. The summed E-state index contributed by atoms with van der Waals surface area (Å²) >= 11 is 11.9. The zero-order valence-electron chi connectivity index (χ0n) is 17.2. The number of hydrogen-bond donors (Lipinski definition) is 1. The van der Waals surface area contributed by atoms with Gasteiger partial charge in [0.2, 0.25) is 15.9 Å². The van der Waals surface area contributed by atoms with Crippen molar-refractivity contribution < 1.29 is 17.9 Å². The molecular formula is C21H25Cl2N3O4S. The second-order valence-electron chi connectivity index (χ2n) is 7.23. The Kier molecular flexibility index (Phi) is 8.05. The molecule has 7 nitrogen and oxygen atoms in total. The van der Waals surface area contributed by atoms with E-state index < -0.39 is 10.0 Å². The summed E-state index contributed by atoms with van der Waals surface area (Å²) in [7, 11) is -3.53. The van der Waals surface area contributed by atoms with Gasteiger partial charge < -0.3 is 15.0 Å². The van der Waals surface area contributed by atoms with Crippen LogP contribution >= 0.6 is 23.2 Å². The number of halogens is 2. The summed E-state index contributed by atoms with van der Waals surface area (Å²) in [5.74, 6) is -0.179. The Labute approximate surface area is 192 Å². The first-order valence-corrected chi connectivity index (χ1v) is 12.5. The van der Waals surface area contributed by atoms with Crippen molar-refractivity contribution in [3.8, 4) is 0 Å². The van der Waals surface area contributed by atoms with Gasteiger partial charge in [-0.2, -0.15) is 0 Å². The Morgan fingerprint density at radius 3 is 2.39 bits per heavy atom. The minimum absolute atomic E-state index is 0.153. The molecule has 0 saturated carbocycles. The van der Waals surface area contributed by atoms with Gasteiger partial charge in [-0.15, -0.1) is 0 Å². The number of ether oxygens (including phenoxy) is 1. The van der Waals surface area contributed by atoms with Crippen LogP contribution in [0.25, 0.3) is 0 Å². The number of sulfonamides is 1. The lowest BCUT2D eigenvalue weighted by Gasteiger charge is -2.28. The molecule has 1 heterocycles. The van der Waals surface area contributed by atoms with Gasteiger partial charge in [0, 0.05) is 37.4 Å². The van der Waals surface area contributed by atoms with Crippen molar-refractivity contribution in [3.05, 3.63) is 52.5 Å². The van der Waals surface area contributed by atoms with Crippen molar-refractivity contribution in [3.63, 3.8) is 0 Å². The van der Waals surface area contributed by atoms with Crippen LogP contribution in [0.5, 0.6) is 0 Å². The number of benzene rings is 2. The molecule has 0 atom stereocenters. The van der Waals surface area contributed by atoms with E-state index >= 15 is 0 Å². The minimum atomic E-state index is -3.53. The van der Waals surface area contributed by atoms with Crippen LogP contribution in [-0.2, 0) is 19.6 Å². The Bertz CT molecular complexity index is 1010. The molecule has 3 rings (SSSR count). The highest BCUT2D eigenvalue weighted by Gasteiger charge is 2.19. The van der Waals surface area contributed by atoms with E-state index in [9.17, 15) is 13.2 Å². The first kappa shape index (κ1) is 23.7. The predicted molar refractivity (Wildman–Crippen MR) is 126 cm³/mol. The molecule has 1 amide bonds. The largest absolute Gasteiger partial charge is 0.378 e. The maximum absolute atomic E-state index is 12.3. The first-order chi connectivity index (χ1) is 14.7. The number of anilines is 3. The van der Waals surface area contributed by atoms with Gasteiger partial charge >= 0.3 is 0 Å². The summed E-state index contributed by atoms with van der Waals surface area (Å²) < 4.78 is 31.0. The maximum Gasteiger partial charge on any atom is 0.232 e. The van der Waals surface area contributed by atoms with E-state index in [0.29, 0.717) is 36.0 Å². The van der Waals surface area contributed by atoms with Crippen LogP contribution < -0.4 is 14.5 Å². The topological polar surface area (TPSA) is 79.0 Å². The zero-order valence-corrected chi connectivity index (χ0v) is 19.5. The van der Waals surface area contributed by atoms with Gasteiger partial charge in [-0.05, 0) is 48.9 Å². The third-order valence-corrected chi connectivity index (χ3v) is 6.82. The Balaban J connectivity index is 1.53. The Morgan fingerprint density at radius 1 is 1.10 bits per heavy atom. The minimum Gasteiger partial charge on any atom is -0.378 e. The summed E-state index contributed by atoms with van der Waals surface area (Å²) in [6.45, 7) is 3.28. The fourth-order valence-electron chi connectivity index (χ4n) is 3.31. The summed E-state index contributed by atoms with van der Waals surface area (Å²) in [6, 6.07) is 12.3. The molecule has 1 N–H and O–H groups in total. The monoisotopic (exact) mass is 485 g/mol. The number of rotatable bonds is 8. The third-order valence-electron chi connectivity index (χ3n) is 4.88. The van der Waals surface area contributed by atoms with Gasteiger partial charge in [0.25, 0.3) is 0 Å². The highest BCUT2D eigenvalue weighted by molar-refractivity contribution is 7.92. The van der Waals surface area contributed by atoms with Crippen molar-refractivity contribution in [2.24, 2.45) is 0 Å². The van der Waals surface area contributed by atoms with E-state index in [1.54, 1.807) is 12.1 Å². The molecule has 0 spiro atoms. The van der Waals surface area contributed by atoms with Crippen LogP contribution in [0.2, 0.25) is 10.0 Å². The maximum atomic E-state index is 12.3. The molecule has 0 radical (unpaired) electrons. The quantitative estimate of drug-likeness (QED) is 0.610. The lowest BCUT2D eigenvalue weighted by molar-refractivity contribution is -0.116. The highest BCUT2D eigenvalue weighted by Crippen LogP contribution is 2.28. The van der Waals surface area contributed by atoms with Crippen molar-refractivity contribution in [1.29, 1.82) is 0 Å². The standard InChI is InChI=1S/C21H25Cl2N3O4S/c1-31(28,29)26(18-8-9-19(22)20(23)15-18)10-2-3-21(27)24-16-4-6-17(7-5-16)25-11-13-30-14-12-25/h4-9,15H,2-3,10-14H2,1H3,(H,24,27). The van der Waals surface area contributed by atoms with Crippen LogP contribution in [0.4, 0.5) is 17.1 Å². The summed E-state index contributed by atoms with van der Waals surface area (Å²) in [6.07, 6.45) is 1.65. The molecule has 0 bridgehead atoms. The fraction of sp³-hybridized carbons (Fsp3) is 0.381. The summed E-state index contributed by atoms with van der Waals surface area (Å²) in [5, 5.41) is 3.47. The lowest BCUT2D eigenvalue weighted by atomic mass is 10.2. The second kappa shape index (κ2) is 10.5. The van der Waals surface area contributed by atoms with Crippen LogP contribution in [0.3, 0.4) is 0 Å². The van der Waals surface area contributed by atoms with Gasteiger partial charge in [0.15, 0.2) is 0 Å². The van der Waals surface area contributed by atoms with Crippen LogP contribution in [-0.4, -0.2) is 53.4 Å². The van der Waals surface area contributed by atoms with Gasteiger partial charge in [-0.1, -0.05) is 23.2 Å². The number of morpholine rings is 1. The van der Waals surface area contributed by atoms with Crippen molar-refractivity contribution >= 4 is 56.2 Å². The molecule has 1 aliphatic rings. The Hall–Kier alpha value is -2.00. The molecule has 168 valence electrons. The van der Waals surface area contributed by atoms with Crippen molar-refractivity contribution in [2.75, 3.05) is 53.6 Å². The second-order valence-corrected chi connectivity index (χ2v) is 9.95. The number of nitrogens with one attached hydrogen (secondary N) is 1. The summed E-state index contributed by atoms with van der Waals surface area (Å²) in [5.41, 5.74) is 2.20. The average Bonchev–Trinajstić information content (AvgIpc) is 2.74. The van der Waals surface area contributed by atoms with Crippen molar-refractivity contribution in [1.82, 2.24) is 0 Å². The molecule has 2 aromatic rings. The average molecular weight is 486 g/mol. The molecule has 1 saturated heterocycles. The molecule has 31 heavy (non-hydrogen) atoms. The number of carbonyl (C=O) groups excluding carboxylic acids is 1. The molecule has 0 unspecified atom stereocenters. The molecule has 2 aromatic carbocycles. The first-order valence-electron chi connectivity index (χ1n) is 9.89. The number of amides is 1. The number of carbonyl (C=O) groups is 1. The third kappa shape index (κ3) is 6.74. The normalized spacial score (nSPS) is 14.4. The number of hydrogen-bond acceptors (Lipinski definition) is 5. The number of nitrogens with zero attached hydrogens (tertiary/aromatic N) is 2. The van der Waals surface area contributed by atoms with Crippen molar-refractivity contribution in [2.45, 2.75) is 12.8 Å². The smallest absolute Gasteiger partial charge is 0.232 e. The van der Waals surface area contributed by atoms with Crippen LogP contribution in [0, 0.1) is 0 Å². The lowest BCUT2D eigenvalue weighted by Crippen LogP contribution is -2.36. The van der Waals surface area contributed by atoms with E-state index in [1.807, 2.05) is 24.3 Å². The molecular weight excluding hydrogens is 461 g/mol. The van der Waals surface area contributed by atoms with Gasteiger partial charge in [-0.25, -0.2) is 8.42 Å². The van der Waals surface area contributed by atoms with Crippen LogP contribution in [0.1, 0.15) is 12.8 Å². The van der Waals surface area contributed by atoms with Gasteiger partial charge in [0.05, 0.1) is 35.2 Å². The van der Waals surface area contributed by atoms with Gasteiger partial charge in [0.1, 0.15) is 0 Å². The molecule has 10 heteroatoms. The molecule has 0 aromatic heterocycles. The van der Waals surface area contributed by atoms with E-state index in [4.69, 9.17) is 27.9 Å². The van der Waals surface area contributed by atoms with Gasteiger partial charge in [-0.3, -0.25) is 9.10 Å². The van der Waals surface area contributed by atoms with Crippen LogP contribution in [0.15, 0.2) is 42.5 Å². The highest BCUT2D eigenvalue weighted by atomic mass is 35.5. The van der Waals surface area contributed by atoms with E-state index in [1.165, 1.54) is 10.4 Å². The fourth-order valence-corrected chi connectivity index (χ4v) is 4.56.